The average Bonchev–Trinajstić information content (AvgIpc) is 2.88. The van der Waals surface area contributed by atoms with Crippen LogP contribution in [0.2, 0.25) is 0 Å². The summed E-state index contributed by atoms with van der Waals surface area (Å²) in [5.74, 6) is -1.47. The van der Waals surface area contributed by atoms with E-state index in [2.05, 4.69) is 15.5 Å². The molecule has 0 bridgehead atoms. The van der Waals surface area contributed by atoms with Gasteiger partial charge in [-0.3, -0.25) is 20.0 Å². The number of fused-ring (bicyclic) bond motifs is 1. The van der Waals surface area contributed by atoms with E-state index in [1.807, 2.05) is 6.92 Å². The van der Waals surface area contributed by atoms with Crippen LogP contribution in [0.1, 0.15) is 16.1 Å². The van der Waals surface area contributed by atoms with Gasteiger partial charge in [0.25, 0.3) is 11.6 Å². The second-order valence-electron chi connectivity index (χ2n) is 4.95. The number of rotatable bonds is 3. The minimum absolute atomic E-state index is 0.213. The van der Waals surface area contributed by atoms with Gasteiger partial charge in [0.2, 0.25) is 0 Å². The third kappa shape index (κ3) is 2.73. The zero-order valence-electron chi connectivity index (χ0n) is 12.0. The van der Waals surface area contributed by atoms with Crippen LogP contribution in [0.15, 0.2) is 36.4 Å². The summed E-state index contributed by atoms with van der Waals surface area (Å²) in [6, 6.07) is 7.89. The first-order chi connectivity index (χ1) is 11.0. The molecule has 0 aliphatic rings. The number of nitrogens with zero attached hydrogens (tertiary/aromatic N) is 2. The third-order valence-corrected chi connectivity index (χ3v) is 3.40. The molecule has 1 aromatic heterocycles. The van der Waals surface area contributed by atoms with E-state index in [0.717, 1.165) is 29.3 Å². The molecular weight excluding hydrogens is 303 g/mol. The number of nitro benzene ring substituents is 1. The summed E-state index contributed by atoms with van der Waals surface area (Å²) in [4.78, 5) is 22.4. The Hall–Kier alpha value is -3.29. The molecule has 0 aliphatic carbocycles. The summed E-state index contributed by atoms with van der Waals surface area (Å²) >= 11 is 0. The average molecular weight is 314 g/mol. The highest BCUT2D eigenvalue weighted by Gasteiger charge is 2.21. The largest absolute Gasteiger partial charge is 0.322 e. The van der Waals surface area contributed by atoms with Gasteiger partial charge >= 0.3 is 0 Å². The monoisotopic (exact) mass is 314 g/mol. The third-order valence-electron chi connectivity index (χ3n) is 3.40. The van der Waals surface area contributed by atoms with Gasteiger partial charge in [0.05, 0.1) is 16.5 Å². The molecule has 0 aliphatic heterocycles. The Bertz CT molecular complexity index is 936. The minimum atomic E-state index is -0.793. The summed E-state index contributed by atoms with van der Waals surface area (Å²) in [6.45, 7) is 1.87. The lowest BCUT2D eigenvalue weighted by atomic mass is 10.1. The van der Waals surface area contributed by atoms with E-state index in [1.54, 1.807) is 18.2 Å². The number of nitro groups is 1. The Kier molecular flexibility index (Phi) is 3.49. The summed E-state index contributed by atoms with van der Waals surface area (Å²) < 4.78 is 13.1. The smallest absolute Gasteiger partial charge is 0.285 e. The molecule has 0 fully saturated rings. The minimum Gasteiger partial charge on any atom is -0.322 e. The van der Waals surface area contributed by atoms with Crippen molar-refractivity contribution in [3.8, 4) is 0 Å². The summed E-state index contributed by atoms with van der Waals surface area (Å²) in [5, 5.41) is 21.3. The van der Waals surface area contributed by atoms with Crippen molar-refractivity contribution in [1.82, 2.24) is 10.2 Å². The van der Waals surface area contributed by atoms with Gasteiger partial charge in [0, 0.05) is 16.8 Å². The molecule has 7 nitrogen and oxygen atoms in total. The van der Waals surface area contributed by atoms with E-state index in [9.17, 15) is 19.3 Å². The number of aromatic amines is 1. The molecule has 2 aromatic carbocycles. The highest BCUT2D eigenvalue weighted by atomic mass is 19.1. The fourth-order valence-electron chi connectivity index (χ4n) is 2.27. The zero-order valence-corrected chi connectivity index (χ0v) is 12.0. The number of benzene rings is 2. The van der Waals surface area contributed by atoms with Gasteiger partial charge in [-0.2, -0.15) is 5.10 Å². The lowest BCUT2D eigenvalue weighted by molar-refractivity contribution is -0.385. The van der Waals surface area contributed by atoms with Crippen LogP contribution < -0.4 is 5.32 Å². The summed E-state index contributed by atoms with van der Waals surface area (Å²) in [6.07, 6.45) is 0. The number of aromatic nitrogens is 2. The number of H-pyrrole nitrogens is 1. The number of carbonyl (C=O) groups excluding carboxylic acids is 1. The Balaban J connectivity index is 1.93. The van der Waals surface area contributed by atoms with Crippen molar-refractivity contribution in [2.45, 2.75) is 6.92 Å². The number of anilines is 1. The Labute approximate surface area is 129 Å². The Morgan fingerprint density at radius 3 is 2.83 bits per heavy atom. The zero-order chi connectivity index (χ0) is 16.6. The van der Waals surface area contributed by atoms with Crippen molar-refractivity contribution in [2.24, 2.45) is 0 Å². The molecule has 3 rings (SSSR count). The van der Waals surface area contributed by atoms with Crippen molar-refractivity contribution >= 4 is 28.2 Å². The molecule has 1 heterocycles. The van der Waals surface area contributed by atoms with Crippen molar-refractivity contribution in [1.29, 1.82) is 0 Å². The van der Waals surface area contributed by atoms with Crippen LogP contribution in [0.4, 0.5) is 15.8 Å². The fourth-order valence-corrected chi connectivity index (χ4v) is 2.27. The molecule has 23 heavy (non-hydrogen) atoms. The highest BCUT2D eigenvalue weighted by molar-refractivity contribution is 6.07. The lowest BCUT2D eigenvalue weighted by Crippen LogP contribution is -2.14. The van der Waals surface area contributed by atoms with Crippen LogP contribution in [0.5, 0.6) is 0 Å². The van der Waals surface area contributed by atoms with Crippen LogP contribution in [-0.2, 0) is 0 Å². The number of hydrogen-bond acceptors (Lipinski definition) is 4. The van der Waals surface area contributed by atoms with Gasteiger partial charge in [-0.25, -0.2) is 4.39 Å². The van der Waals surface area contributed by atoms with Crippen LogP contribution in [0, 0.1) is 22.9 Å². The van der Waals surface area contributed by atoms with Crippen LogP contribution in [0.25, 0.3) is 10.9 Å². The maximum Gasteiger partial charge on any atom is 0.285 e. The predicted molar refractivity (Wildman–Crippen MR) is 81.8 cm³/mol. The van der Waals surface area contributed by atoms with Crippen molar-refractivity contribution in [2.75, 3.05) is 5.32 Å². The SMILES string of the molecule is Cc1[nH]nc2cc(NC(=O)c3ccc(F)cc3[N+](=O)[O-])ccc12. The van der Waals surface area contributed by atoms with E-state index in [0.29, 0.717) is 11.2 Å². The van der Waals surface area contributed by atoms with E-state index in [-0.39, 0.29) is 5.56 Å². The number of aryl methyl sites for hydroxylation is 1. The topological polar surface area (TPSA) is 101 Å². The first-order valence-electron chi connectivity index (χ1n) is 6.66. The quantitative estimate of drug-likeness (QED) is 0.572. The predicted octanol–water partition coefficient (Wildman–Crippen LogP) is 3.17. The summed E-state index contributed by atoms with van der Waals surface area (Å²) in [5.41, 5.74) is 1.20. The number of hydrogen-bond donors (Lipinski definition) is 2. The standard InChI is InChI=1S/C15H11FN4O3/c1-8-11-5-3-10(7-13(11)19-18-8)17-15(21)12-4-2-9(16)6-14(12)20(22)23/h2-7H,1H3,(H,17,21)(H,18,19). The van der Waals surface area contributed by atoms with Crippen LogP contribution >= 0.6 is 0 Å². The molecule has 116 valence electrons. The van der Waals surface area contributed by atoms with Crippen LogP contribution in [-0.4, -0.2) is 21.0 Å². The molecule has 0 saturated carbocycles. The molecule has 0 saturated heterocycles. The molecular formula is C15H11FN4O3. The van der Waals surface area contributed by atoms with Gasteiger partial charge in [0.1, 0.15) is 11.4 Å². The number of nitrogens with one attached hydrogen (secondary N) is 2. The fraction of sp³-hybridized carbons (Fsp3) is 0.0667. The molecule has 1 amide bonds. The first-order valence-corrected chi connectivity index (χ1v) is 6.66. The van der Waals surface area contributed by atoms with Crippen LogP contribution in [0.3, 0.4) is 0 Å². The molecule has 0 atom stereocenters. The van der Waals surface area contributed by atoms with Crippen molar-refractivity contribution in [3.05, 3.63) is 63.6 Å². The second kappa shape index (κ2) is 5.48. The van der Waals surface area contributed by atoms with E-state index < -0.39 is 22.3 Å². The normalized spacial score (nSPS) is 10.7. The molecule has 0 unspecified atom stereocenters. The lowest BCUT2D eigenvalue weighted by Gasteiger charge is -2.06. The maximum atomic E-state index is 13.1. The van der Waals surface area contributed by atoms with E-state index in [1.165, 1.54) is 0 Å². The molecule has 3 aromatic rings. The molecule has 8 heteroatoms. The first kappa shape index (κ1) is 14.6. The van der Waals surface area contributed by atoms with Crippen molar-refractivity contribution < 1.29 is 14.1 Å². The van der Waals surface area contributed by atoms with Gasteiger partial charge in [-0.1, -0.05) is 0 Å². The van der Waals surface area contributed by atoms with E-state index in [4.69, 9.17) is 0 Å². The number of carbonyl (C=O) groups is 1. The van der Waals surface area contributed by atoms with Gasteiger partial charge in [-0.15, -0.1) is 0 Å². The van der Waals surface area contributed by atoms with E-state index >= 15 is 0 Å². The van der Waals surface area contributed by atoms with Gasteiger partial charge in [-0.05, 0) is 37.3 Å². The molecule has 0 radical (unpaired) electrons. The van der Waals surface area contributed by atoms with Crippen molar-refractivity contribution in [3.63, 3.8) is 0 Å². The molecule has 0 spiro atoms. The van der Waals surface area contributed by atoms with Gasteiger partial charge < -0.3 is 5.32 Å². The Morgan fingerprint density at radius 2 is 2.09 bits per heavy atom. The molecule has 2 N–H and O–H groups in total. The number of amides is 1. The second-order valence-corrected chi connectivity index (χ2v) is 4.95. The number of halogens is 1. The Morgan fingerprint density at radius 1 is 1.30 bits per heavy atom. The maximum absolute atomic E-state index is 13.1. The summed E-state index contributed by atoms with van der Waals surface area (Å²) in [7, 11) is 0. The van der Waals surface area contributed by atoms with Gasteiger partial charge in [0.15, 0.2) is 0 Å². The highest BCUT2D eigenvalue weighted by Crippen LogP contribution is 2.23.